The minimum Gasteiger partial charge on any atom is -0.489 e. The maximum Gasteiger partial charge on any atom is 0.401 e. The number of carbonyl (C=O) groups excluding carboxylic acids is 3. The molecule has 2 saturated heterocycles. The van der Waals surface area contributed by atoms with Gasteiger partial charge in [0.1, 0.15) is 18.4 Å². The van der Waals surface area contributed by atoms with Crippen LogP contribution in [-0.2, 0) is 29.3 Å². The van der Waals surface area contributed by atoms with E-state index >= 15 is 0 Å². The van der Waals surface area contributed by atoms with E-state index in [0.717, 1.165) is 16.7 Å². The van der Waals surface area contributed by atoms with Crippen molar-refractivity contribution in [1.82, 2.24) is 20.0 Å². The third-order valence-corrected chi connectivity index (χ3v) is 7.23. The highest BCUT2D eigenvalue weighted by Gasteiger charge is 2.40. The number of benzene rings is 2. The Balaban J connectivity index is 1.15. The molecule has 0 radical (unpaired) electrons. The van der Waals surface area contributed by atoms with E-state index in [1.807, 2.05) is 24.3 Å². The number of hydrogen-bond acceptors (Lipinski definition) is 6. The molecule has 3 amide bonds. The number of piperazine rings is 1. The molecule has 202 valence electrons. The van der Waals surface area contributed by atoms with Gasteiger partial charge in [-0.25, -0.2) is 0 Å². The fourth-order valence-corrected chi connectivity index (χ4v) is 5.21. The summed E-state index contributed by atoms with van der Waals surface area (Å²) in [6.45, 7) is 2.33. The summed E-state index contributed by atoms with van der Waals surface area (Å²) >= 11 is 0. The summed E-state index contributed by atoms with van der Waals surface area (Å²) in [6, 6.07) is 12.5. The normalized spacial score (nSPS) is 21.0. The molecular formula is C27H29F3N4O4. The molecule has 5 rings (SSSR count). The molecule has 2 fully saturated rings. The van der Waals surface area contributed by atoms with Crippen molar-refractivity contribution in [3.8, 4) is 5.75 Å². The number of nitrogens with one attached hydrogen (secondary N) is 1. The number of rotatable bonds is 7. The third kappa shape index (κ3) is 5.99. The number of halogens is 3. The van der Waals surface area contributed by atoms with Crippen molar-refractivity contribution in [3.63, 3.8) is 0 Å². The number of nitrogens with zero attached hydrogens (tertiary/aromatic N) is 3. The van der Waals surface area contributed by atoms with Crippen LogP contribution in [0.25, 0.3) is 0 Å². The van der Waals surface area contributed by atoms with Crippen LogP contribution in [0.4, 0.5) is 13.2 Å². The first kappa shape index (κ1) is 26.2. The van der Waals surface area contributed by atoms with Crippen molar-refractivity contribution in [2.75, 3.05) is 32.7 Å². The second kappa shape index (κ2) is 10.7. The summed E-state index contributed by atoms with van der Waals surface area (Å²) in [5, 5.41) is 2.31. The number of imide groups is 1. The molecule has 1 N–H and O–H groups in total. The lowest BCUT2D eigenvalue weighted by Gasteiger charge is -2.35. The van der Waals surface area contributed by atoms with Gasteiger partial charge < -0.3 is 9.64 Å². The first-order chi connectivity index (χ1) is 18.2. The highest BCUT2D eigenvalue weighted by molar-refractivity contribution is 6.05. The zero-order valence-electron chi connectivity index (χ0n) is 20.8. The van der Waals surface area contributed by atoms with Crippen LogP contribution in [0.15, 0.2) is 42.5 Å². The van der Waals surface area contributed by atoms with Crippen LogP contribution in [0.2, 0.25) is 0 Å². The predicted molar refractivity (Wildman–Crippen MR) is 131 cm³/mol. The summed E-state index contributed by atoms with van der Waals surface area (Å²) in [6.07, 6.45) is -3.66. The molecule has 2 aromatic rings. The first-order valence-corrected chi connectivity index (χ1v) is 12.6. The molecule has 11 heteroatoms. The van der Waals surface area contributed by atoms with E-state index in [1.165, 1.54) is 9.80 Å². The van der Waals surface area contributed by atoms with Gasteiger partial charge in [-0.3, -0.25) is 29.5 Å². The molecule has 0 aliphatic carbocycles. The number of carbonyl (C=O) groups is 3. The smallest absolute Gasteiger partial charge is 0.401 e. The fourth-order valence-electron chi connectivity index (χ4n) is 5.21. The van der Waals surface area contributed by atoms with Gasteiger partial charge >= 0.3 is 6.18 Å². The summed E-state index contributed by atoms with van der Waals surface area (Å²) in [7, 11) is 0. The van der Waals surface area contributed by atoms with Gasteiger partial charge in [-0.05, 0) is 29.7 Å². The largest absolute Gasteiger partial charge is 0.489 e. The molecular weight excluding hydrogens is 501 g/mol. The van der Waals surface area contributed by atoms with Crippen LogP contribution in [0.5, 0.6) is 5.75 Å². The van der Waals surface area contributed by atoms with Crippen LogP contribution in [0.1, 0.15) is 39.9 Å². The summed E-state index contributed by atoms with van der Waals surface area (Å²) < 4.78 is 43.8. The number of alkyl halides is 3. The monoisotopic (exact) mass is 530 g/mol. The van der Waals surface area contributed by atoms with Gasteiger partial charge in [0.2, 0.25) is 11.8 Å². The van der Waals surface area contributed by atoms with Gasteiger partial charge in [0.05, 0.1) is 13.1 Å². The quantitative estimate of drug-likeness (QED) is 0.555. The second-order valence-corrected chi connectivity index (χ2v) is 9.95. The van der Waals surface area contributed by atoms with Gasteiger partial charge in [-0.2, -0.15) is 13.2 Å². The third-order valence-electron chi connectivity index (χ3n) is 7.23. The minimum atomic E-state index is -4.16. The Morgan fingerprint density at radius 2 is 1.61 bits per heavy atom. The van der Waals surface area contributed by atoms with Crippen LogP contribution >= 0.6 is 0 Å². The highest BCUT2D eigenvalue weighted by atomic mass is 19.4. The SMILES string of the molecule is O=C1CCC(N2Cc3c(OCc4ccc(CN5CCN(CC(F)(F)F)CC5)cc4)cccc3C2=O)C(=O)N1. The Hall–Kier alpha value is -3.44. The van der Waals surface area contributed by atoms with Crippen LogP contribution in [0.3, 0.4) is 0 Å². The van der Waals surface area contributed by atoms with Gasteiger partial charge in [0, 0.05) is 50.3 Å². The number of amides is 3. The van der Waals surface area contributed by atoms with Crippen molar-refractivity contribution in [2.45, 2.75) is 44.8 Å². The van der Waals surface area contributed by atoms with E-state index < -0.39 is 24.7 Å². The molecule has 0 saturated carbocycles. The average Bonchev–Trinajstić information content (AvgIpc) is 3.21. The van der Waals surface area contributed by atoms with Gasteiger partial charge in [0.15, 0.2) is 0 Å². The van der Waals surface area contributed by atoms with Crippen molar-refractivity contribution in [3.05, 3.63) is 64.7 Å². The van der Waals surface area contributed by atoms with E-state index in [4.69, 9.17) is 4.74 Å². The van der Waals surface area contributed by atoms with Crippen LogP contribution < -0.4 is 10.1 Å². The molecule has 3 heterocycles. The molecule has 1 atom stereocenters. The maximum absolute atomic E-state index is 13.0. The first-order valence-electron chi connectivity index (χ1n) is 12.6. The minimum absolute atomic E-state index is 0.199. The standard InChI is InChI=1S/C27H29F3N4O4/c28-27(29,30)17-33-12-10-32(11-13-33)14-18-4-6-19(7-5-18)16-38-23-3-1-2-20-21(23)15-34(26(20)37)22-8-9-24(35)31-25(22)36/h1-7,22H,8-17H2,(H,31,35,36). The molecule has 8 nitrogen and oxygen atoms in total. The Bertz CT molecular complexity index is 1210. The van der Waals surface area contributed by atoms with Crippen LogP contribution in [0, 0.1) is 0 Å². The van der Waals surface area contributed by atoms with Gasteiger partial charge in [-0.15, -0.1) is 0 Å². The van der Waals surface area contributed by atoms with Crippen molar-refractivity contribution in [2.24, 2.45) is 0 Å². The molecule has 3 aliphatic rings. The Morgan fingerprint density at radius 1 is 0.921 bits per heavy atom. The van der Waals surface area contributed by atoms with E-state index in [0.29, 0.717) is 57.1 Å². The zero-order valence-corrected chi connectivity index (χ0v) is 20.8. The van der Waals surface area contributed by atoms with E-state index in [9.17, 15) is 27.6 Å². The lowest BCUT2D eigenvalue weighted by atomic mass is 10.0. The number of hydrogen-bond donors (Lipinski definition) is 1. The average molecular weight is 531 g/mol. The maximum atomic E-state index is 13.0. The lowest BCUT2D eigenvalue weighted by molar-refractivity contribution is -0.149. The number of ether oxygens (including phenoxy) is 1. The molecule has 0 spiro atoms. The van der Waals surface area contributed by atoms with Crippen molar-refractivity contribution >= 4 is 17.7 Å². The predicted octanol–water partition coefficient (Wildman–Crippen LogP) is 2.71. The Morgan fingerprint density at radius 3 is 2.29 bits per heavy atom. The van der Waals surface area contributed by atoms with Gasteiger partial charge in [0.25, 0.3) is 5.91 Å². The summed E-state index contributed by atoms with van der Waals surface area (Å²) in [4.78, 5) is 41.9. The topological polar surface area (TPSA) is 82.2 Å². The van der Waals surface area contributed by atoms with Gasteiger partial charge in [-0.1, -0.05) is 30.3 Å². The molecule has 38 heavy (non-hydrogen) atoms. The van der Waals surface area contributed by atoms with E-state index in [2.05, 4.69) is 10.2 Å². The molecule has 3 aliphatic heterocycles. The fraction of sp³-hybridized carbons (Fsp3) is 0.444. The Labute approximate surface area is 218 Å². The van der Waals surface area contributed by atoms with Crippen molar-refractivity contribution in [1.29, 1.82) is 0 Å². The highest BCUT2D eigenvalue weighted by Crippen LogP contribution is 2.34. The van der Waals surface area contributed by atoms with E-state index in [-0.39, 0.29) is 24.8 Å². The molecule has 2 aromatic carbocycles. The number of fused-ring (bicyclic) bond motifs is 1. The molecule has 0 bridgehead atoms. The second-order valence-electron chi connectivity index (χ2n) is 9.95. The summed E-state index contributed by atoms with van der Waals surface area (Å²) in [5.41, 5.74) is 3.23. The van der Waals surface area contributed by atoms with E-state index in [1.54, 1.807) is 18.2 Å². The number of piperidine rings is 1. The lowest BCUT2D eigenvalue weighted by Crippen LogP contribution is -2.52. The summed E-state index contributed by atoms with van der Waals surface area (Å²) in [5.74, 6) is -0.447. The van der Waals surface area contributed by atoms with Crippen molar-refractivity contribution < 1.29 is 32.3 Å². The Kier molecular flexibility index (Phi) is 7.40. The van der Waals surface area contributed by atoms with Crippen LogP contribution in [-0.4, -0.2) is 77.4 Å². The molecule has 1 unspecified atom stereocenters. The molecule has 0 aromatic heterocycles. The zero-order chi connectivity index (χ0) is 26.9.